The summed E-state index contributed by atoms with van der Waals surface area (Å²) in [7, 11) is 0. The first-order valence-corrected chi connectivity index (χ1v) is 12.1. The second-order valence-corrected chi connectivity index (χ2v) is 9.74. The van der Waals surface area contributed by atoms with Gasteiger partial charge in [-0.1, -0.05) is 58.4 Å². The monoisotopic (exact) mass is 512 g/mol. The van der Waals surface area contributed by atoms with E-state index in [1.807, 2.05) is 54.6 Å². The highest BCUT2D eigenvalue weighted by molar-refractivity contribution is 9.10. The molecule has 2 fully saturated rings. The summed E-state index contributed by atoms with van der Waals surface area (Å²) in [5, 5.41) is 6.03. The Labute approximate surface area is 202 Å². The molecule has 0 radical (unpaired) electrons. The summed E-state index contributed by atoms with van der Waals surface area (Å²) in [6.45, 7) is 4.06. The number of imide groups is 1. The molecule has 2 aliphatic rings. The molecule has 4 rings (SSSR count). The molecule has 2 saturated heterocycles. The van der Waals surface area contributed by atoms with E-state index >= 15 is 0 Å². The summed E-state index contributed by atoms with van der Waals surface area (Å²) in [5.41, 5.74) is 1.20. The van der Waals surface area contributed by atoms with Gasteiger partial charge in [-0.15, -0.1) is 0 Å². The third-order valence-corrected chi connectivity index (χ3v) is 7.05. The van der Waals surface area contributed by atoms with Crippen LogP contribution in [0, 0.1) is 0 Å². The van der Waals surface area contributed by atoms with Crippen molar-refractivity contribution < 1.29 is 14.4 Å². The molecule has 0 aliphatic carbocycles. The van der Waals surface area contributed by atoms with E-state index in [1.165, 1.54) is 11.8 Å². The number of rotatable bonds is 7. The molecular weight excluding hydrogens is 484 g/mol. The van der Waals surface area contributed by atoms with Gasteiger partial charge in [0.25, 0.3) is 5.91 Å². The summed E-state index contributed by atoms with van der Waals surface area (Å²) in [6, 6.07) is 17.2. The predicted molar refractivity (Wildman–Crippen MR) is 129 cm³/mol. The third kappa shape index (κ3) is 5.45. The Morgan fingerprint density at radius 1 is 1.09 bits per heavy atom. The lowest BCUT2D eigenvalue weighted by Crippen LogP contribution is -2.55. The number of nitrogens with zero attached hydrogens (tertiary/aromatic N) is 2. The van der Waals surface area contributed by atoms with Crippen molar-refractivity contribution in [3.8, 4) is 0 Å². The van der Waals surface area contributed by atoms with Crippen LogP contribution >= 0.6 is 15.9 Å². The molecule has 4 amide bonds. The fraction of sp³-hybridized carbons (Fsp3) is 0.400. The molecular formula is C25H29BrN4O3. The largest absolute Gasteiger partial charge is 0.349 e. The maximum absolute atomic E-state index is 13.2. The number of urea groups is 1. The van der Waals surface area contributed by atoms with Crippen molar-refractivity contribution in [2.45, 2.75) is 44.3 Å². The van der Waals surface area contributed by atoms with Crippen molar-refractivity contribution in [3.05, 3.63) is 70.2 Å². The normalized spacial score (nSPS) is 18.9. The third-order valence-electron chi connectivity index (χ3n) is 6.52. The highest BCUT2D eigenvalue weighted by atomic mass is 79.9. The van der Waals surface area contributed by atoms with Crippen LogP contribution in [0.25, 0.3) is 0 Å². The molecule has 2 aromatic rings. The minimum atomic E-state index is -0.806. The molecule has 8 heteroatoms. The van der Waals surface area contributed by atoms with Crippen LogP contribution in [0.15, 0.2) is 59.1 Å². The van der Waals surface area contributed by atoms with E-state index in [0.29, 0.717) is 12.8 Å². The molecule has 2 N–H and O–H groups in total. The van der Waals surface area contributed by atoms with Gasteiger partial charge in [0.2, 0.25) is 5.91 Å². The number of carbonyl (C=O) groups is 3. The Morgan fingerprint density at radius 2 is 1.76 bits per heavy atom. The van der Waals surface area contributed by atoms with E-state index in [2.05, 4.69) is 31.5 Å². The van der Waals surface area contributed by atoms with Crippen molar-refractivity contribution in [1.29, 1.82) is 0 Å². The summed E-state index contributed by atoms with van der Waals surface area (Å²) in [4.78, 5) is 41.2. The van der Waals surface area contributed by atoms with Crippen molar-refractivity contribution >= 4 is 33.8 Å². The number of piperidine rings is 1. The highest BCUT2D eigenvalue weighted by Gasteiger charge is 2.52. The number of amides is 4. The van der Waals surface area contributed by atoms with Crippen LogP contribution in [0.2, 0.25) is 0 Å². The fourth-order valence-corrected chi connectivity index (χ4v) is 4.92. The molecule has 174 valence electrons. The molecule has 2 aromatic carbocycles. The van der Waals surface area contributed by atoms with Crippen LogP contribution < -0.4 is 10.6 Å². The van der Waals surface area contributed by atoms with Gasteiger partial charge in [-0.3, -0.25) is 14.5 Å². The fourth-order valence-electron chi connectivity index (χ4n) is 4.65. The van der Waals surface area contributed by atoms with E-state index in [-0.39, 0.29) is 30.4 Å². The molecule has 0 saturated carbocycles. The van der Waals surface area contributed by atoms with Crippen LogP contribution in [0.1, 0.15) is 43.4 Å². The standard InChI is InChI=1S/C25H29BrN4O3/c1-18(31)27-22(20-5-3-2-4-6-20)11-14-29-15-12-25(13-16-29)23(32)30(24(33)28-25)17-19-7-9-21(26)10-8-19/h2-10,22H,11-17H2,1H3,(H,27,31)(H,28,33)/t22-/m0/s1. The average molecular weight is 513 g/mol. The maximum Gasteiger partial charge on any atom is 0.325 e. The lowest BCUT2D eigenvalue weighted by atomic mass is 9.87. The Kier molecular flexibility index (Phi) is 7.14. The average Bonchev–Trinajstić information content (AvgIpc) is 3.03. The lowest BCUT2D eigenvalue weighted by molar-refractivity contribution is -0.133. The van der Waals surface area contributed by atoms with Crippen molar-refractivity contribution in [2.75, 3.05) is 19.6 Å². The summed E-state index contributed by atoms with van der Waals surface area (Å²) in [6.07, 6.45) is 1.96. The van der Waals surface area contributed by atoms with Gasteiger partial charge in [0.15, 0.2) is 0 Å². The van der Waals surface area contributed by atoms with Crippen LogP contribution in [0.4, 0.5) is 4.79 Å². The number of hydrogen-bond acceptors (Lipinski definition) is 4. The quantitative estimate of drug-likeness (QED) is 0.555. The van der Waals surface area contributed by atoms with Gasteiger partial charge in [0.05, 0.1) is 12.6 Å². The zero-order valence-corrected chi connectivity index (χ0v) is 20.3. The molecule has 7 nitrogen and oxygen atoms in total. The second kappa shape index (κ2) is 10.1. The number of hydrogen-bond donors (Lipinski definition) is 2. The molecule has 0 aromatic heterocycles. The Balaban J connectivity index is 1.34. The topological polar surface area (TPSA) is 81.8 Å². The van der Waals surface area contributed by atoms with E-state index in [4.69, 9.17) is 0 Å². The van der Waals surface area contributed by atoms with Gasteiger partial charge in [0, 0.05) is 31.0 Å². The molecule has 33 heavy (non-hydrogen) atoms. The number of likely N-dealkylation sites (tertiary alicyclic amines) is 1. The molecule has 2 heterocycles. The van der Waals surface area contributed by atoms with Crippen LogP contribution in [0.3, 0.4) is 0 Å². The predicted octanol–water partition coefficient (Wildman–Crippen LogP) is 3.60. The summed E-state index contributed by atoms with van der Waals surface area (Å²) < 4.78 is 0.959. The first kappa shape index (κ1) is 23.4. The molecule has 0 bridgehead atoms. The van der Waals surface area contributed by atoms with Crippen molar-refractivity contribution in [1.82, 2.24) is 20.4 Å². The molecule has 1 spiro atoms. The summed E-state index contributed by atoms with van der Waals surface area (Å²) in [5.74, 6) is -0.179. The number of halogens is 1. The van der Waals surface area contributed by atoms with Gasteiger partial charge >= 0.3 is 6.03 Å². The van der Waals surface area contributed by atoms with E-state index in [0.717, 1.165) is 41.7 Å². The number of carbonyl (C=O) groups excluding carboxylic acids is 3. The second-order valence-electron chi connectivity index (χ2n) is 8.82. The first-order valence-electron chi connectivity index (χ1n) is 11.3. The van der Waals surface area contributed by atoms with Gasteiger partial charge < -0.3 is 15.5 Å². The zero-order valence-electron chi connectivity index (χ0n) is 18.7. The van der Waals surface area contributed by atoms with Crippen molar-refractivity contribution in [3.63, 3.8) is 0 Å². The van der Waals surface area contributed by atoms with Crippen LogP contribution in [0.5, 0.6) is 0 Å². The van der Waals surface area contributed by atoms with E-state index in [9.17, 15) is 14.4 Å². The Bertz CT molecular complexity index is 1000. The Morgan fingerprint density at radius 3 is 2.39 bits per heavy atom. The lowest BCUT2D eigenvalue weighted by Gasteiger charge is -2.37. The van der Waals surface area contributed by atoms with E-state index in [1.54, 1.807) is 0 Å². The first-order chi connectivity index (χ1) is 15.9. The molecule has 2 aliphatic heterocycles. The molecule has 1 atom stereocenters. The maximum atomic E-state index is 13.2. The van der Waals surface area contributed by atoms with Gasteiger partial charge in [-0.25, -0.2) is 4.79 Å². The molecule has 0 unspecified atom stereocenters. The van der Waals surface area contributed by atoms with Gasteiger partial charge in [0.1, 0.15) is 5.54 Å². The van der Waals surface area contributed by atoms with Crippen LogP contribution in [-0.2, 0) is 16.1 Å². The summed E-state index contributed by atoms with van der Waals surface area (Å²) >= 11 is 3.41. The highest BCUT2D eigenvalue weighted by Crippen LogP contribution is 2.31. The number of nitrogens with one attached hydrogen (secondary N) is 2. The number of benzene rings is 2. The zero-order chi connectivity index (χ0) is 23.4. The van der Waals surface area contributed by atoms with E-state index < -0.39 is 5.54 Å². The Hall–Kier alpha value is -2.71. The SMILES string of the molecule is CC(=O)N[C@@H](CCN1CCC2(CC1)NC(=O)N(Cc1ccc(Br)cc1)C2=O)c1ccccc1. The van der Waals surface area contributed by atoms with Crippen molar-refractivity contribution in [2.24, 2.45) is 0 Å². The van der Waals surface area contributed by atoms with Gasteiger partial charge in [-0.2, -0.15) is 0 Å². The minimum Gasteiger partial charge on any atom is -0.349 e. The van der Waals surface area contributed by atoms with Crippen LogP contribution in [-0.4, -0.2) is 52.8 Å². The minimum absolute atomic E-state index is 0.0474. The van der Waals surface area contributed by atoms with Gasteiger partial charge in [-0.05, 0) is 42.5 Å². The smallest absolute Gasteiger partial charge is 0.325 e.